The number of nitrogens with one attached hydrogen (secondary N) is 1. The van der Waals surface area contributed by atoms with Crippen molar-refractivity contribution in [1.29, 1.82) is 0 Å². The van der Waals surface area contributed by atoms with Crippen LogP contribution >= 0.6 is 0 Å². The average Bonchev–Trinajstić information content (AvgIpc) is 2.52. The minimum atomic E-state index is -0.253. The molecule has 20 heavy (non-hydrogen) atoms. The van der Waals surface area contributed by atoms with Crippen LogP contribution in [0.4, 0.5) is 0 Å². The summed E-state index contributed by atoms with van der Waals surface area (Å²) in [5, 5.41) is 8.60. The fourth-order valence-electron chi connectivity index (χ4n) is 2.50. The minimum absolute atomic E-state index is 0.0446. The van der Waals surface area contributed by atoms with Gasteiger partial charge in [-0.15, -0.1) is 0 Å². The Morgan fingerprint density at radius 3 is 2.65 bits per heavy atom. The van der Waals surface area contributed by atoms with Gasteiger partial charge in [0, 0.05) is 12.5 Å². The third-order valence-corrected chi connectivity index (χ3v) is 3.70. The van der Waals surface area contributed by atoms with Gasteiger partial charge in [-0.3, -0.25) is 10.0 Å². The number of amides is 1. The summed E-state index contributed by atoms with van der Waals surface area (Å²) in [5.41, 5.74) is 1.74. The Bertz CT molecular complexity index is 403. The fraction of sp³-hybridized carbons (Fsp3) is 0.533. The number of nitrogens with zero attached hydrogens (tertiary/aromatic N) is 1. The Labute approximate surface area is 119 Å². The second-order valence-electron chi connectivity index (χ2n) is 5.11. The number of para-hydroxylation sites is 1. The molecule has 1 fully saturated rings. The summed E-state index contributed by atoms with van der Waals surface area (Å²) in [6.07, 6.45) is 2.60. The molecule has 1 heterocycles. The van der Waals surface area contributed by atoms with Crippen LogP contribution in [0, 0.1) is 5.92 Å². The third kappa shape index (κ3) is 4.51. The predicted molar refractivity (Wildman–Crippen MR) is 75.6 cm³/mol. The molecule has 5 heteroatoms. The Balaban J connectivity index is 1.58. The molecule has 2 N–H and O–H groups in total. The minimum Gasteiger partial charge on any atom is -0.494 e. The first-order valence-electron chi connectivity index (χ1n) is 7.14. The van der Waals surface area contributed by atoms with Crippen LogP contribution in [0.5, 0.6) is 5.75 Å². The lowest BCUT2D eigenvalue weighted by Crippen LogP contribution is -2.40. The molecule has 0 unspecified atom stereocenters. The smallest absolute Gasteiger partial charge is 0.246 e. The first-order chi connectivity index (χ1) is 9.79. The molecule has 1 amide bonds. The first-order valence-corrected chi connectivity index (χ1v) is 7.14. The quantitative estimate of drug-likeness (QED) is 0.472. The predicted octanol–water partition coefficient (Wildman–Crippen LogP) is 1.67. The first kappa shape index (κ1) is 14.8. The molecular weight excluding hydrogens is 256 g/mol. The van der Waals surface area contributed by atoms with Crippen LogP contribution in [0.15, 0.2) is 30.3 Å². The van der Waals surface area contributed by atoms with E-state index in [4.69, 9.17) is 9.94 Å². The number of likely N-dealkylation sites (tertiary alicyclic amines) is 1. The van der Waals surface area contributed by atoms with Crippen molar-refractivity contribution in [3.8, 4) is 5.75 Å². The monoisotopic (exact) mass is 278 g/mol. The Kier molecular flexibility index (Phi) is 5.83. The molecule has 1 aromatic rings. The number of carbonyl (C=O) groups is 1. The van der Waals surface area contributed by atoms with E-state index in [1.807, 2.05) is 30.3 Å². The number of rotatable bonds is 6. The molecule has 1 aromatic carbocycles. The third-order valence-electron chi connectivity index (χ3n) is 3.70. The van der Waals surface area contributed by atoms with E-state index in [0.717, 1.165) is 44.6 Å². The van der Waals surface area contributed by atoms with E-state index in [1.165, 1.54) is 0 Å². The summed E-state index contributed by atoms with van der Waals surface area (Å²) < 4.78 is 5.65. The van der Waals surface area contributed by atoms with E-state index in [-0.39, 0.29) is 11.8 Å². The van der Waals surface area contributed by atoms with Crippen molar-refractivity contribution in [1.82, 2.24) is 10.4 Å². The molecule has 0 aromatic heterocycles. The fourth-order valence-corrected chi connectivity index (χ4v) is 2.50. The zero-order valence-corrected chi connectivity index (χ0v) is 11.6. The van der Waals surface area contributed by atoms with Gasteiger partial charge in [-0.1, -0.05) is 18.2 Å². The molecule has 0 bridgehead atoms. The van der Waals surface area contributed by atoms with Crippen LogP contribution in [0.1, 0.15) is 19.3 Å². The lowest BCUT2D eigenvalue weighted by atomic mass is 9.96. The lowest BCUT2D eigenvalue weighted by molar-refractivity contribution is -0.134. The molecule has 0 atom stereocenters. The van der Waals surface area contributed by atoms with Gasteiger partial charge < -0.3 is 9.64 Å². The summed E-state index contributed by atoms with van der Waals surface area (Å²) >= 11 is 0. The Morgan fingerprint density at radius 1 is 1.30 bits per heavy atom. The van der Waals surface area contributed by atoms with Crippen molar-refractivity contribution in [2.75, 3.05) is 26.2 Å². The van der Waals surface area contributed by atoms with Crippen molar-refractivity contribution in [2.24, 2.45) is 5.92 Å². The molecular formula is C15H22N2O3. The number of hydrogen-bond donors (Lipinski definition) is 2. The normalized spacial score (nSPS) is 16.9. The maximum absolute atomic E-state index is 11.3. The molecule has 0 aliphatic carbocycles. The summed E-state index contributed by atoms with van der Waals surface area (Å²) in [5.74, 6) is 0.611. The molecule has 110 valence electrons. The van der Waals surface area contributed by atoms with Crippen LogP contribution in [0.2, 0.25) is 0 Å². The van der Waals surface area contributed by atoms with E-state index in [9.17, 15) is 4.79 Å². The highest BCUT2D eigenvalue weighted by Gasteiger charge is 2.24. The number of hydrogen-bond acceptors (Lipinski definition) is 4. The van der Waals surface area contributed by atoms with E-state index in [2.05, 4.69) is 4.90 Å². The molecule has 5 nitrogen and oxygen atoms in total. The maximum atomic E-state index is 11.3. The summed E-state index contributed by atoms with van der Waals surface area (Å²) in [6, 6.07) is 9.82. The highest BCUT2D eigenvalue weighted by atomic mass is 16.5. The van der Waals surface area contributed by atoms with Gasteiger partial charge in [0.1, 0.15) is 5.75 Å². The summed E-state index contributed by atoms with van der Waals surface area (Å²) in [4.78, 5) is 13.6. The van der Waals surface area contributed by atoms with Crippen molar-refractivity contribution in [2.45, 2.75) is 19.3 Å². The van der Waals surface area contributed by atoms with Crippen LogP contribution < -0.4 is 10.2 Å². The van der Waals surface area contributed by atoms with E-state index < -0.39 is 0 Å². The second-order valence-corrected chi connectivity index (χ2v) is 5.11. The molecule has 0 radical (unpaired) electrons. The number of piperidine rings is 1. The van der Waals surface area contributed by atoms with Gasteiger partial charge in [0.25, 0.3) is 0 Å². The van der Waals surface area contributed by atoms with Gasteiger partial charge in [0.2, 0.25) is 5.91 Å². The number of carbonyl (C=O) groups excluding carboxylic acids is 1. The molecule has 0 spiro atoms. The maximum Gasteiger partial charge on any atom is 0.246 e. The van der Waals surface area contributed by atoms with Gasteiger partial charge in [-0.2, -0.15) is 0 Å². The standard InChI is InChI=1S/C15H22N2O3/c18-15(16-19)13-7-10-17(11-8-13)9-4-12-20-14-5-2-1-3-6-14/h1-3,5-6,13,19H,4,7-12H2,(H,16,18). The van der Waals surface area contributed by atoms with Gasteiger partial charge in [-0.25, -0.2) is 5.48 Å². The number of benzene rings is 1. The van der Waals surface area contributed by atoms with E-state index >= 15 is 0 Å². The zero-order valence-electron chi connectivity index (χ0n) is 11.6. The Morgan fingerprint density at radius 2 is 2.00 bits per heavy atom. The van der Waals surface area contributed by atoms with Crippen LogP contribution in [0.25, 0.3) is 0 Å². The molecule has 1 aliphatic heterocycles. The average molecular weight is 278 g/mol. The summed E-state index contributed by atoms with van der Waals surface area (Å²) in [6.45, 7) is 3.51. The number of ether oxygens (including phenoxy) is 1. The highest BCUT2D eigenvalue weighted by Crippen LogP contribution is 2.17. The highest BCUT2D eigenvalue weighted by molar-refractivity contribution is 5.77. The van der Waals surface area contributed by atoms with Crippen molar-refractivity contribution >= 4 is 5.91 Å². The molecule has 2 rings (SSSR count). The Hall–Kier alpha value is -1.59. The van der Waals surface area contributed by atoms with Crippen LogP contribution in [-0.2, 0) is 4.79 Å². The van der Waals surface area contributed by atoms with Gasteiger partial charge in [-0.05, 0) is 44.5 Å². The SMILES string of the molecule is O=C(NO)C1CCN(CCCOc2ccccc2)CC1. The molecule has 0 saturated carbocycles. The van der Waals surface area contributed by atoms with E-state index in [0.29, 0.717) is 6.61 Å². The topological polar surface area (TPSA) is 61.8 Å². The number of hydroxylamine groups is 1. The van der Waals surface area contributed by atoms with Crippen molar-refractivity contribution in [3.63, 3.8) is 0 Å². The van der Waals surface area contributed by atoms with Crippen LogP contribution in [-0.4, -0.2) is 42.3 Å². The zero-order chi connectivity index (χ0) is 14.2. The summed E-state index contributed by atoms with van der Waals surface area (Å²) in [7, 11) is 0. The van der Waals surface area contributed by atoms with Gasteiger partial charge in [0.05, 0.1) is 6.61 Å². The largest absolute Gasteiger partial charge is 0.494 e. The van der Waals surface area contributed by atoms with Crippen molar-refractivity contribution in [3.05, 3.63) is 30.3 Å². The van der Waals surface area contributed by atoms with Crippen LogP contribution in [0.3, 0.4) is 0 Å². The molecule has 1 aliphatic rings. The van der Waals surface area contributed by atoms with Crippen molar-refractivity contribution < 1.29 is 14.7 Å². The second kappa shape index (κ2) is 7.87. The van der Waals surface area contributed by atoms with Gasteiger partial charge >= 0.3 is 0 Å². The van der Waals surface area contributed by atoms with E-state index in [1.54, 1.807) is 5.48 Å². The van der Waals surface area contributed by atoms with Gasteiger partial charge in [0.15, 0.2) is 0 Å². The molecule has 1 saturated heterocycles. The lowest BCUT2D eigenvalue weighted by Gasteiger charge is -2.30.